The number of hydrogen-bond acceptors (Lipinski definition) is 0. The van der Waals surface area contributed by atoms with Crippen molar-refractivity contribution in [3.63, 3.8) is 0 Å². The zero-order valence-corrected chi connectivity index (χ0v) is 13.1. The van der Waals surface area contributed by atoms with Crippen molar-refractivity contribution >= 4 is 0 Å². The normalized spacial score (nSPS) is 41.8. The van der Waals surface area contributed by atoms with Crippen molar-refractivity contribution in [3.8, 4) is 0 Å². The van der Waals surface area contributed by atoms with E-state index in [9.17, 15) is 0 Å². The summed E-state index contributed by atoms with van der Waals surface area (Å²) >= 11 is 0. The van der Waals surface area contributed by atoms with Gasteiger partial charge in [-0.15, -0.1) is 0 Å². The van der Waals surface area contributed by atoms with Crippen molar-refractivity contribution < 1.29 is 16.9 Å². The summed E-state index contributed by atoms with van der Waals surface area (Å²) in [5.41, 5.74) is 0. The Hall–Kier alpha value is 0.250. The van der Waals surface area contributed by atoms with E-state index < -0.39 is 0 Å². The van der Waals surface area contributed by atoms with Gasteiger partial charge in [-0.2, -0.15) is 0 Å². The fraction of sp³-hybridized carbons (Fsp3) is 1.00. The Labute approximate surface area is 119 Å². The van der Waals surface area contributed by atoms with Crippen LogP contribution in [0.4, 0.5) is 0 Å². The summed E-state index contributed by atoms with van der Waals surface area (Å²) in [6, 6.07) is 1.03. The van der Waals surface area contributed by atoms with E-state index in [2.05, 4.69) is 20.8 Å². The third kappa shape index (κ3) is 2.02. The minimum Gasteiger partial charge on any atom is -1.00 e. The lowest BCUT2D eigenvalue weighted by atomic mass is 9.53. The minimum atomic E-state index is 0. The van der Waals surface area contributed by atoms with Gasteiger partial charge in [0.15, 0.2) is 0 Å². The summed E-state index contributed by atoms with van der Waals surface area (Å²) in [6.07, 6.45) is 7.91. The maximum atomic E-state index is 2.43. The first-order valence-electron chi connectivity index (χ1n) is 8.08. The summed E-state index contributed by atoms with van der Waals surface area (Å²) < 4.78 is 1.43. The van der Waals surface area contributed by atoms with E-state index in [1.54, 1.807) is 32.1 Å². The van der Waals surface area contributed by atoms with Crippen LogP contribution in [0.5, 0.6) is 0 Å². The Morgan fingerprint density at radius 2 is 1.11 bits per heavy atom. The molecule has 0 aliphatic heterocycles. The third-order valence-corrected chi connectivity index (χ3v) is 6.70. The molecule has 0 aromatic heterocycles. The number of halogens is 1. The predicted octanol–water partition coefficient (Wildman–Crippen LogP) is 0.692. The van der Waals surface area contributed by atoms with Crippen LogP contribution < -0.4 is 12.4 Å². The fourth-order valence-electron chi connectivity index (χ4n) is 6.09. The highest BCUT2D eigenvalue weighted by Gasteiger charge is 2.54. The molecule has 4 aliphatic carbocycles. The summed E-state index contributed by atoms with van der Waals surface area (Å²) in [5, 5.41) is 0. The van der Waals surface area contributed by atoms with Gasteiger partial charge in [-0.3, -0.25) is 0 Å². The van der Waals surface area contributed by atoms with Crippen LogP contribution in [0.3, 0.4) is 0 Å². The van der Waals surface area contributed by atoms with E-state index >= 15 is 0 Å². The van der Waals surface area contributed by atoms with Gasteiger partial charge in [-0.05, 0) is 64.7 Å². The summed E-state index contributed by atoms with van der Waals surface area (Å²) in [7, 11) is 0. The van der Waals surface area contributed by atoms with E-state index in [-0.39, 0.29) is 12.4 Å². The third-order valence-electron chi connectivity index (χ3n) is 6.70. The van der Waals surface area contributed by atoms with Crippen molar-refractivity contribution in [2.45, 2.75) is 58.9 Å². The van der Waals surface area contributed by atoms with Crippen molar-refractivity contribution in [3.05, 3.63) is 0 Å². The molecule has 2 heteroatoms. The van der Waals surface area contributed by atoms with Crippen molar-refractivity contribution in [1.82, 2.24) is 0 Å². The van der Waals surface area contributed by atoms with Crippen LogP contribution in [0.25, 0.3) is 0 Å². The second-order valence-electron chi connectivity index (χ2n) is 7.09. The van der Waals surface area contributed by atoms with Gasteiger partial charge in [0.2, 0.25) is 0 Å². The highest BCUT2D eigenvalue weighted by Crippen LogP contribution is 2.56. The summed E-state index contributed by atoms with van der Waals surface area (Å²) in [5.74, 6) is 4.43. The molecule has 0 aromatic carbocycles. The lowest BCUT2D eigenvalue weighted by Crippen LogP contribution is -3.00. The Bertz CT molecular complexity index is 249. The minimum absolute atomic E-state index is 0. The molecule has 4 bridgehead atoms. The van der Waals surface area contributed by atoms with Crippen LogP contribution >= 0.6 is 0 Å². The van der Waals surface area contributed by atoms with Crippen LogP contribution in [0, 0.1) is 23.7 Å². The summed E-state index contributed by atoms with van der Waals surface area (Å²) in [6.45, 7) is 11.4. The molecule has 18 heavy (non-hydrogen) atoms. The van der Waals surface area contributed by atoms with Gasteiger partial charge in [0.1, 0.15) is 0 Å². The quantitative estimate of drug-likeness (QED) is 0.660. The molecule has 1 nitrogen and oxygen atoms in total. The largest absolute Gasteiger partial charge is 1.00 e. The molecule has 0 heterocycles. The highest BCUT2D eigenvalue weighted by molar-refractivity contribution is 4.99. The number of hydrogen-bond donors (Lipinski definition) is 0. The molecular formula is C16H30ClN. The van der Waals surface area contributed by atoms with Crippen molar-refractivity contribution in [1.29, 1.82) is 0 Å². The average Bonchev–Trinajstić information content (AvgIpc) is 2.33. The molecule has 0 unspecified atom stereocenters. The van der Waals surface area contributed by atoms with Crippen molar-refractivity contribution in [2.24, 2.45) is 23.7 Å². The van der Waals surface area contributed by atoms with Crippen LogP contribution in [0.2, 0.25) is 0 Å². The van der Waals surface area contributed by atoms with Gasteiger partial charge in [-0.25, -0.2) is 0 Å². The molecular weight excluding hydrogens is 242 g/mol. The second-order valence-corrected chi connectivity index (χ2v) is 7.09. The van der Waals surface area contributed by atoms with Gasteiger partial charge in [-0.1, -0.05) is 0 Å². The number of quaternary nitrogens is 1. The monoisotopic (exact) mass is 271 g/mol. The van der Waals surface area contributed by atoms with E-state index in [0.29, 0.717) is 0 Å². The van der Waals surface area contributed by atoms with Crippen LogP contribution in [-0.2, 0) is 0 Å². The smallest absolute Gasteiger partial charge is 0.0947 e. The second kappa shape index (κ2) is 5.32. The first-order chi connectivity index (χ1) is 8.22. The molecule has 0 radical (unpaired) electrons. The fourth-order valence-corrected chi connectivity index (χ4v) is 6.09. The predicted molar refractivity (Wildman–Crippen MR) is 72.7 cm³/mol. The van der Waals surface area contributed by atoms with Gasteiger partial charge >= 0.3 is 0 Å². The van der Waals surface area contributed by atoms with Gasteiger partial charge in [0.05, 0.1) is 25.7 Å². The Morgan fingerprint density at radius 1 is 0.722 bits per heavy atom. The molecule has 4 fully saturated rings. The van der Waals surface area contributed by atoms with Gasteiger partial charge < -0.3 is 16.9 Å². The highest BCUT2D eigenvalue weighted by atomic mass is 35.5. The molecule has 106 valence electrons. The lowest BCUT2D eigenvalue weighted by molar-refractivity contribution is -0.956. The van der Waals surface area contributed by atoms with E-state index in [1.807, 2.05) is 0 Å². The molecule has 0 amide bonds. The van der Waals surface area contributed by atoms with E-state index in [1.165, 1.54) is 24.1 Å². The zero-order chi connectivity index (χ0) is 12.0. The first kappa shape index (κ1) is 14.7. The van der Waals surface area contributed by atoms with Crippen LogP contribution in [0.1, 0.15) is 52.9 Å². The van der Waals surface area contributed by atoms with E-state index in [0.717, 1.165) is 29.7 Å². The molecule has 4 saturated carbocycles. The molecule has 0 saturated heterocycles. The Balaban J connectivity index is 0.00000120. The maximum Gasteiger partial charge on any atom is 0.0947 e. The SMILES string of the molecule is CC[N+](CC)(CC)C1C2CC3CC(C2)CC1C3.[Cl-]. The molecule has 0 spiro atoms. The van der Waals surface area contributed by atoms with Crippen molar-refractivity contribution in [2.75, 3.05) is 19.6 Å². The molecule has 4 aliphatic rings. The van der Waals surface area contributed by atoms with Crippen LogP contribution in [-0.4, -0.2) is 30.2 Å². The van der Waals surface area contributed by atoms with Crippen LogP contribution in [0.15, 0.2) is 0 Å². The standard InChI is InChI=1S/C16H30N.ClH/c1-4-17(5-2,6-3)16-14-8-12-7-13(10-14)11-15(16)9-12;/h12-16H,4-11H2,1-3H3;1H/q+1;/p-1. The maximum absolute atomic E-state index is 2.43. The number of nitrogens with zero attached hydrogens (tertiary/aromatic N) is 1. The average molecular weight is 272 g/mol. The van der Waals surface area contributed by atoms with E-state index in [4.69, 9.17) is 0 Å². The Morgan fingerprint density at radius 3 is 1.44 bits per heavy atom. The summed E-state index contributed by atoms with van der Waals surface area (Å²) in [4.78, 5) is 0. The molecule has 0 atom stereocenters. The molecule has 4 rings (SSSR count). The lowest BCUT2D eigenvalue weighted by Gasteiger charge is -2.60. The number of rotatable bonds is 4. The zero-order valence-electron chi connectivity index (χ0n) is 12.4. The molecule has 0 aromatic rings. The molecule has 0 N–H and O–H groups in total. The van der Waals surface area contributed by atoms with Gasteiger partial charge in [0, 0.05) is 11.8 Å². The topological polar surface area (TPSA) is 0 Å². The Kier molecular flexibility index (Phi) is 4.33. The first-order valence-corrected chi connectivity index (χ1v) is 8.08. The van der Waals surface area contributed by atoms with Gasteiger partial charge in [0.25, 0.3) is 0 Å².